The Bertz CT molecular complexity index is 1930. The summed E-state index contributed by atoms with van der Waals surface area (Å²) < 4.78 is 78.3. The summed E-state index contributed by atoms with van der Waals surface area (Å²) in [6, 6.07) is 6.26. The van der Waals surface area contributed by atoms with E-state index >= 15 is 8.78 Å². The molecule has 49 heavy (non-hydrogen) atoms. The highest BCUT2D eigenvalue weighted by molar-refractivity contribution is 6.01. The maximum absolute atomic E-state index is 17.1. The SMILES string of the molecule is CCc1c(F)ccc2cc(OCOC)cc(-c3ncc4c(N5C[C@@H]6C[C@H](C5)[C@H](O)C6)nc(OCC56CCCN5CC(F)(F)C6)nc4c3F)c12. The third-order valence-electron chi connectivity index (χ3n) is 10.9. The molecule has 13 heteroatoms. The summed E-state index contributed by atoms with van der Waals surface area (Å²) in [5, 5.41) is 12.1. The van der Waals surface area contributed by atoms with Gasteiger partial charge < -0.3 is 24.2 Å². The number of ether oxygens (including phenoxy) is 3. The van der Waals surface area contributed by atoms with E-state index in [4.69, 9.17) is 19.2 Å². The van der Waals surface area contributed by atoms with Crippen LogP contribution < -0.4 is 14.4 Å². The number of aliphatic hydroxyl groups is 1. The molecular weight excluding hydrogens is 642 g/mol. The van der Waals surface area contributed by atoms with Crippen LogP contribution in [0.5, 0.6) is 11.8 Å². The molecule has 8 rings (SSSR count). The maximum atomic E-state index is 17.1. The Morgan fingerprint density at radius 1 is 1.08 bits per heavy atom. The van der Waals surface area contributed by atoms with E-state index < -0.39 is 29.2 Å². The van der Waals surface area contributed by atoms with Gasteiger partial charge in [-0.05, 0) is 79.1 Å². The molecular formula is C36H39F4N5O4. The normalized spacial score (nSPS) is 26.2. The van der Waals surface area contributed by atoms with E-state index in [1.54, 1.807) is 23.1 Å². The Kier molecular flexibility index (Phi) is 8.07. The zero-order valence-electron chi connectivity index (χ0n) is 27.5. The molecule has 2 aromatic heterocycles. The molecule has 4 aliphatic rings. The lowest BCUT2D eigenvalue weighted by Gasteiger charge is -2.34. The molecule has 5 heterocycles. The molecule has 2 bridgehead atoms. The number of halogens is 4. The zero-order chi connectivity index (χ0) is 34.1. The molecule has 1 N–H and O–H groups in total. The molecule has 4 fully saturated rings. The van der Waals surface area contributed by atoms with Gasteiger partial charge in [-0.2, -0.15) is 9.97 Å². The smallest absolute Gasteiger partial charge is 0.319 e. The van der Waals surface area contributed by atoms with E-state index in [0.29, 0.717) is 77.7 Å². The third-order valence-corrected chi connectivity index (χ3v) is 10.9. The van der Waals surface area contributed by atoms with Crippen molar-refractivity contribution in [1.29, 1.82) is 0 Å². The fourth-order valence-corrected chi connectivity index (χ4v) is 8.82. The number of pyridine rings is 1. The van der Waals surface area contributed by atoms with Gasteiger partial charge in [-0.1, -0.05) is 13.0 Å². The Hall–Kier alpha value is -3.81. The van der Waals surface area contributed by atoms with E-state index in [9.17, 15) is 13.9 Å². The number of aryl methyl sites for hydroxylation is 1. The summed E-state index contributed by atoms with van der Waals surface area (Å²) in [6.07, 6.45) is 4.06. The number of methoxy groups -OCH3 is 1. The molecule has 1 aliphatic carbocycles. The predicted octanol–water partition coefficient (Wildman–Crippen LogP) is 6.13. The molecule has 0 spiro atoms. The second kappa shape index (κ2) is 12.2. The highest BCUT2D eigenvalue weighted by Gasteiger charge is 2.57. The monoisotopic (exact) mass is 681 g/mol. The van der Waals surface area contributed by atoms with Gasteiger partial charge in [0.15, 0.2) is 12.6 Å². The average molecular weight is 682 g/mol. The van der Waals surface area contributed by atoms with Gasteiger partial charge >= 0.3 is 6.01 Å². The van der Waals surface area contributed by atoms with Crippen LogP contribution >= 0.6 is 0 Å². The first-order chi connectivity index (χ1) is 23.6. The van der Waals surface area contributed by atoms with E-state index in [2.05, 4.69) is 9.97 Å². The minimum Gasteiger partial charge on any atom is -0.468 e. The second-order valence-electron chi connectivity index (χ2n) is 14.2. The predicted molar refractivity (Wildman–Crippen MR) is 175 cm³/mol. The average Bonchev–Trinajstić information content (AvgIpc) is 3.67. The molecule has 4 aromatic rings. The quantitative estimate of drug-likeness (QED) is 0.166. The number of aliphatic hydroxyl groups excluding tert-OH is 1. The molecule has 9 nitrogen and oxygen atoms in total. The number of benzene rings is 2. The van der Waals surface area contributed by atoms with Crippen LogP contribution in [-0.2, 0) is 11.2 Å². The van der Waals surface area contributed by atoms with Crippen molar-refractivity contribution < 1.29 is 36.9 Å². The van der Waals surface area contributed by atoms with Crippen molar-refractivity contribution in [2.45, 2.75) is 63.0 Å². The Morgan fingerprint density at radius 3 is 2.73 bits per heavy atom. The second-order valence-corrected chi connectivity index (χ2v) is 14.2. The van der Waals surface area contributed by atoms with Gasteiger partial charge in [-0.15, -0.1) is 0 Å². The highest BCUT2D eigenvalue weighted by atomic mass is 19.3. The summed E-state index contributed by atoms with van der Waals surface area (Å²) >= 11 is 0. The Balaban J connectivity index is 1.27. The van der Waals surface area contributed by atoms with Crippen molar-refractivity contribution in [2.75, 3.05) is 51.6 Å². The van der Waals surface area contributed by atoms with Crippen molar-refractivity contribution in [2.24, 2.45) is 11.8 Å². The number of hydrogen-bond donors (Lipinski definition) is 1. The lowest BCUT2D eigenvalue weighted by molar-refractivity contribution is 0.00803. The first kappa shape index (κ1) is 32.4. The number of nitrogens with zero attached hydrogens (tertiary/aromatic N) is 5. The van der Waals surface area contributed by atoms with Gasteiger partial charge in [-0.3, -0.25) is 9.88 Å². The number of piperidine rings is 1. The van der Waals surface area contributed by atoms with Crippen molar-refractivity contribution in [3.63, 3.8) is 0 Å². The summed E-state index contributed by atoms with van der Waals surface area (Å²) in [5.74, 6) is -2.89. The van der Waals surface area contributed by atoms with Gasteiger partial charge in [0.1, 0.15) is 35.2 Å². The lowest BCUT2D eigenvalue weighted by atomic mass is 9.94. The van der Waals surface area contributed by atoms with E-state index in [0.717, 1.165) is 12.8 Å². The standard InChI is InChI=1S/C36H39F4N5O4/c1-3-24-27(37)6-5-21-11-23(49-19-47-2)12-25(29(21)24)31-30(38)32-26(13-41-31)33(44-14-20-9-22(15-44)28(46)10-20)43-34(42-32)48-18-35-7-4-8-45(35)17-36(39,40)16-35/h5-6,11-13,20,22,28,46H,3-4,7-10,14-19H2,1-2H3/t20-,22-,28-,35?/m1/s1. The summed E-state index contributed by atoms with van der Waals surface area (Å²) in [4.78, 5) is 17.7. The van der Waals surface area contributed by atoms with Crippen LogP contribution in [0.1, 0.15) is 44.6 Å². The minimum atomic E-state index is -2.82. The van der Waals surface area contributed by atoms with Crippen LogP contribution in [0.25, 0.3) is 32.9 Å². The lowest BCUT2D eigenvalue weighted by Crippen LogP contribution is -2.43. The first-order valence-corrected chi connectivity index (χ1v) is 17.0. The van der Waals surface area contributed by atoms with Crippen molar-refractivity contribution in [3.05, 3.63) is 47.7 Å². The fraction of sp³-hybridized carbons (Fsp3) is 0.528. The molecule has 2 aromatic carbocycles. The maximum Gasteiger partial charge on any atom is 0.319 e. The van der Waals surface area contributed by atoms with Crippen LogP contribution in [-0.4, -0.2) is 89.2 Å². The fourth-order valence-electron chi connectivity index (χ4n) is 8.82. The van der Waals surface area contributed by atoms with Crippen LogP contribution in [0.3, 0.4) is 0 Å². The minimum absolute atomic E-state index is 0.0421. The Morgan fingerprint density at radius 2 is 1.94 bits per heavy atom. The van der Waals surface area contributed by atoms with E-state index in [1.807, 2.05) is 11.8 Å². The summed E-state index contributed by atoms with van der Waals surface area (Å²) in [7, 11) is 1.49. The largest absolute Gasteiger partial charge is 0.468 e. The van der Waals surface area contributed by atoms with Crippen LogP contribution in [0, 0.1) is 23.5 Å². The molecule has 260 valence electrons. The number of anilines is 1. The number of fused-ring (bicyclic) bond motifs is 5. The molecule has 0 radical (unpaired) electrons. The topological polar surface area (TPSA) is 93.1 Å². The zero-order valence-corrected chi connectivity index (χ0v) is 27.5. The van der Waals surface area contributed by atoms with Gasteiger partial charge in [0, 0.05) is 44.3 Å². The van der Waals surface area contributed by atoms with Crippen molar-refractivity contribution >= 4 is 27.5 Å². The third kappa shape index (κ3) is 5.63. The molecule has 3 aliphatic heterocycles. The molecule has 1 saturated carbocycles. The van der Waals surface area contributed by atoms with Crippen molar-refractivity contribution in [3.8, 4) is 23.0 Å². The van der Waals surface area contributed by atoms with E-state index in [-0.39, 0.29) is 55.4 Å². The van der Waals surface area contributed by atoms with Crippen molar-refractivity contribution in [1.82, 2.24) is 19.9 Å². The molecule has 1 unspecified atom stereocenters. The van der Waals surface area contributed by atoms with Gasteiger partial charge in [0.05, 0.1) is 23.6 Å². The Labute approximate surface area is 281 Å². The van der Waals surface area contributed by atoms with Crippen LogP contribution in [0.15, 0.2) is 30.5 Å². The van der Waals surface area contributed by atoms with Gasteiger partial charge in [0.2, 0.25) is 0 Å². The first-order valence-electron chi connectivity index (χ1n) is 17.0. The molecule has 3 saturated heterocycles. The highest BCUT2D eigenvalue weighted by Crippen LogP contribution is 2.47. The molecule has 4 atom stereocenters. The number of hydrogen-bond acceptors (Lipinski definition) is 9. The van der Waals surface area contributed by atoms with Gasteiger partial charge in [0.25, 0.3) is 5.92 Å². The summed E-state index contributed by atoms with van der Waals surface area (Å²) in [6.45, 7) is 3.10. The van der Waals surface area contributed by atoms with Crippen LogP contribution in [0.2, 0.25) is 0 Å². The summed E-state index contributed by atoms with van der Waals surface area (Å²) in [5.41, 5.74) is -0.209. The number of rotatable bonds is 9. The van der Waals surface area contributed by atoms with E-state index in [1.165, 1.54) is 19.4 Å². The van der Waals surface area contributed by atoms with Crippen LogP contribution in [0.4, 0.5) is 23.4 Å². The molecule has 0 amide bonds. The van der Waals surface area contributed by atoms with Gasteiger partial charge in [-0.25, -0.2) is 17.6 Å². The number of aromatic nitrogens is 3. The number of alkyl halides is 2.